The van der Waals surface area contributed by atoms with E-state index in [-0.39, 0.29) is 0 Å². The lowest BCUT2D eigenvalue weighted by molar-refractivity contribution is -0.106. The molecule has 0 saturated carbocycles. The highest BCUT2D eigenvalue weighted by Crippen LogP contribution is 2.19. The topological polar surface area (TPSA) is 91.0 Å². The number of aromatic nitrogens is 3. The molecule has 3 rings (SSSR count). The Kier molecular flexibility index (Phi) is 3.71. The van der Waals surface area contributed by atoms with Crippen molar-refractivity contribution in [3.63, 3.8) is 0 Å². The fourth-order valence-corrected chi connectivity index (χ4v) is 2.06. The number of nitrogens with zero attached hydrogens (tertiary/aromatic N) is 3. The van der Waals surface area contributed by atoms with Crippen LogP contribution in [0.2, 0.25) is 5.02 Å². The van der Waals surface area contributed by atoms with Crippen molar-refractivity contribution in [3.8, 4) is 0 Å². The van der Waals surface area contributed by atoms with Crippen LogP contribution in [0.3, 0.4) is 0 Å². The minimum atomic E-state index is -0.583. The molecule has 0 saturated heterocycles. The van der Waals surface area contributed by atoms with Crippen LogP contribution in [0.25, 0.3) is 11.0 Å². The molecule has 0 aliphatic rings. The third-order valence-corrected chi connectivity index (χ3v) is 3.25. The summed E-state index contributed by atoms with van der Waals surface area (Å²) in [5.41, 5.74) is 2.22. The van der Waals surface area contributed by atoms with E-state index in [1.807, 2.05) is 0 Å². The molecule has 0 radical (unpaired) electrons. The van der Waals surface area contributed by atoms with Crippen LogP contribution < -0.4 is 10.2 Å². The Hall–Kier alpha value is -2.93. The van der Waals surface area contributed by atoms with E-state index in [9.17, 15) is 9.59 Å². The second-order valence-electron chi connectivity index (χ2n) is 4.41. The number of hydrogen-bond acceptors (Lipinski definition) is 4. The third kappa shape index (κ3) is 2.75. The molecule has 0 aliphatic heterocycles. The number of anilines is 2. The molecule has 1 heterocycles. The number of H-pyrrole nitrogens is 1. The molecule has 0 spiro atoms. The molecule has 0 atom stereocenters. The Bertz CT molecular complexity index is 831. The number of amides is 3. The number of imide groups is 1. The van der Waals surface area contributed by atoms with Gasteiger partial charge in [-0.25, -0.2) is 9.69 Å². The summed E-state index contributed by atoms with van der Waals surface area (Å²) in [6, 6.07) is 10.8. The molecule has 0 bridgehead atoms. The Morgan fingerprint density at radius 2 is 1.86 bits per heavy atom. The van der Waals surface area contributed by atoms with E-state index in [1.54, 1.807) is 42.5 Å². The smallest absolute Gasteiger partial charge is 0.307 e. The number of rotatable bonds is 3. The Morgan fingerprint density at radius 3 is 2.59 bits per heavy atom. The molecule has 110 valence electrons. The zero-order valence-electron chi connectivity index (χ0n) is 11.2. The van der Waals surface area contributed by atoms with Crippen LogP contribution in [0.15, 0.2) is 42.5 Å². The van der Waals surface area contributed by atoms with Crippen LogP contribution in [-0.4, -0.2) is 27.9 Å². The highest BCUT2D eigenvalue weighted by atomic mass is 35.5. The second-order valence-corrected chi connectivity index (χ2v) is 4.85. The maximum absolute atomic E-state index is 12.2. The van der Waals surface area contributed by atoms with Gasteiger partial charge in [0, 0.05) is 10.7 Å². The number of carbonyl (C=O) groups excluding carboxylic acids is 2. The highest BCUT2D eigenvalue weighted by Gasteiger charge is 2.15. The van der Waals surface area contributed by atoms with Crippen molar-refractivity contribution >= 4 is 46.5 Å². The average molecular weight is 316 g/mol. The molecule has 1 aromatic heterocycles. The highest BCUT2D eigenvalue weighted by molar-refractivity contribution is 6.30. The first-order valence-electron chi connectivity index (χ1n) is 6.29. The zero-order chi connectivity index (χ0) is 15.5. The van der Waals surface area contributed by atoms with Gasteiger partial charge in [-0.05, 0) is 42.5 Å². The Morgan fingerprint density at radius 1 is 1.14 bits per heavy atom. The summed E-state index contributed by atoms with van der Waals surface area (Å²) in [5.74, 6) is 0. The monoisotopic (exact) mass is 315 g/mol. The lowest BCUT2D eigenvalue weighted by atomic mass is 10.2. The largest absolute Gasteiger partial charge is 0.332 e. The predicted octanol–water partition coefficient (Wildman–Crippen LogP) is 2.81. The van der Waals surface area contributed by atoms with E-state index in [0.29, 0.717) is 33.8 Å². The van der Waals surface area contributed by atoms with E-state index in [1.165, 1.54) is 0 Å². The third-order valence-electron chi connectivity index (χ3n) is 3.00. The van der Waals surface area contributed by atoms with Gasteiger partial charge in [0.15, 0.2) is 0 Å². The molecule has 0 fully saturated rings. The number of carbonyl (C=O) groups is 2. The minimum Gasteiger partial charge on any atom is -0.307 e. The average Bonchev–Trinajstić information content (AvgIpc) is 2.97. The molecule has 0 unspecified atom stereocenters. The Labute approximate surface area is 129 Å². The summed E-state index contributed by atoms with van der Waals surface area (Å²) in [6.07, 6.45) is 0.438. The van der Waals surface area contributed by atoms with Gasteiger partial charge in [-0.1, -0.05) is 11.6 Å². The van der Waals surface area contributed by atoms with Crippen molar-refractivity contribution < 1.29 is 9.59 Å². The first kappa shape index (κ1) is 14.0. The van der Waals surface area contributed by atoms with Crippen LogP contribution in [0.4, 0.5) is 16.2 Å². The van der Waals surface area contributed by atoms with Crippen LogP contribution in [0, 0.1) is 0 Å². The van der Waals surface area contributed by atoms with Crippen LogP contribution in [-0.2, 0) is 4.79 Å². The summed E-state index contributed by atoms with van der Waals surface area (Å²) >= 11 is 5.79. The fourth-order valence-electron chi connectivity index (χ4n) is 1.93. The summed E-state index contributed by atoms with van der Waals surface area (Å²) in [6.45, 7) is 0. The summed E-state index contributed by atoms with van der Waals surface area (Å²) in [4.78, 5) is 24.4. The lowest BCUT2D eigenvalue weighted by Gasteiger charge is -2.16. The molecule has 22 heavy (non-hydrogen) atoms. The number of aromatic amines is 1. The van der Waals surface area contributed by atoms with Crippen molar-refractivity contribution in [3.05, 3.63) is 47.5 Å². The molecule has 3 aromatic rings. The van der Waals surface area contributed by atoms with E-state index in [2.05, 4.69) is 20.7 Å². The summed E-state index contributed by atoms with van der Waals surface area (Å²) in [5, 5.41) is 13.5. The van der Waals surface area contributed by atoms with Crippen molar-refractivity contribution in [1.82, 2.24) is 15.4 Å². The van der Waals surface area contributed by atoms with Crippen molar-refractivity contribution in [2.75, 3.05) is 10.2 Å². The zero-order valence-corrected chi connectivity index (χ0v) is 11.9. The maximum atomic E-state index is 12.2. The van der Waals surface area contributed by atoms with Crippen molar-refractivity contribution in [1.29, 1.82) is 0 Å². The van der Waals surface area contributed by atoms with Gasteiger partial charge in [0.2, 0.25) is 6.41 Å². The second kappa shape index (κ2) is 5.82. The molecular weight excluding hydrogens is 306 g/mol. The molecule has 7 nitrogen and oxygen atoms in total. The van der Waals surface area contributed by atoms with Crippen molar-refractivity contribution in [2.24, 2.45) is 0 Å². The predicted molar refractivity (Wildman–Crippen MR) is 82.9 cm³/mol. The quantitative estimate of drug-likeness (QED) is 0.727. The lowest BCUT2D eigenvalue weighted by Crippen LogP contribution is -2.33. The first-order chi connectivity index (χ1) is 10.7. The molecule has 0 aliphatic carbocycles. The normalized spacial score (nSPS) is 10.4. The van der Waals surface area contributed by atoms with Crippen molar-refractivity contribution in [2.45, 2.75) is 0 Å². The van der Waals surface area contributed by atoms with Gasteiger partial charge in [-0.3, -0.25) is 4.79 Å². The van der Waals surface area contributed by atoms with Gasteiger partial charge in [0.25, 0.3) is 0 Å². The van der Waals surface area contributed by atoms with E-state index < -0.39 is 6.03 Å². The number of urea groups is 1. The maximum Gasteiger partial charge on any atom is 0.332 e. The minimum absolute atomic E-state index is 0.416. The fraction of sp³-hybridized carbons (Fsp3) is 0. The Balaban J connectivity index is 1.82. The van der Waals surface area contributed by atoms with Crippen LogP contribution in [0.1, 0.15) is 0 Å². The van der Waals surface area contributed by atoms with E-state index in [0.717, 1.165) is 4.90 Å². The SMILES string of the molecule is O=CN(C(=O)Nc1ccc2n[nH]nc2c1)c1ccc(Cl)cc1. The summed E-state index contributed by atoms with van der Waals surface area (Å²) < 4.78 is 0. The van der Waals surface area contributed by atoms with Gasteiger partial charge in [-0.2, -0.15) is 15.4 Å². The van der Waals surface area contributed by atoms with Crippen LogP contribution >= 0.6 is 11.6 Å². The molecular formula is C14H10ClN5O2. The number of benzene rings is 2. The van der Waals surface area contributed by atoms with Gasteiger partial charge in [-0.15, -0.1) is 0 Å². The van der Waals surface area contributed by atoms with Gasteiger partial charge in [0.1, 0.15) is 11.0 Å². The number of hydrogen-bond donors (Lipinski definition) is 2. The van der Waals surface area contributed by atoms with Gasteiger partial charge >= 0.3 is 6.03 Å². The van der Waals surface area contributed by atoms with Crippen LogP contribution in [0.5, 0.6) is 0 Å². The van der Waals surface area contributed by atoms with Gasteiger partial charge < -0.3 is 5.32 Å². The molecule has 2 N–H and O–H groups in total. The number of fused-ring (bicyclic) bond motifs is 1. The standard InChI is InChI=1S/C14H10ClN5O2/c15-9-1-4-11(5-2-9)20(8-21)14(22)16-10-3-6-12-13(7-10)18-19-17-12/h1-8H,(H,16,22)(H,17,18,19). The number of nitrogens with one attached hydrogen (secondary N) is 2. The first-order valence-corrected chi connectivity index (χ1v) is 6.67. The molecule has 3 amide bonds. The molecule has 2 aromatic carbocycles. The number of halogens is 1. The van der Waals surface area contributed by atoms with E-state index in [4.69, 9.17) is 11.6 Å². The molecule has 8 heteroatoms. The summed E-state index contributed by atoms with van der Waals surface area (Å²) in [7, 11) is 0. The van der Waals surface area contributed by atoms with Gasteiger partial charge in [0.05, 0.1) is 5.69 Å². The van der Waals surface area contributed by atoms with E-state index >= 15 is 0 Å².